The third-order valence-corrected chi connectivity index (χ3v) is 4.46. The minimum Gasteiger partial charge on any atom is -0.371 e. The molecule has 0 spiro atoms. The van der Waals surface area contributed by atoms with Crippen molar-refractivity contribution >= 4 is 5.78 Å². The highest BCUT2D eigenvalue weighted by Gasteiger charge is 2.39. The highest BCUT2D eigenvalue weighted by atomic mass is 16.5. The maximum absolute atomic E-state index is 12.6. The molecule has 2 aromatic carbocycles. The summed E-state index contributed by atoms with van der Waals surface area (Å²) in [5.41, 5.74) is 2.21. The van der Waals surface area contributed by atoms with Crippen LogP contribution in [0.2, 0.25) is 0 Å². The van der Waals surface area contributed by atoms with Gasteiger partial charge in [-0.2, -0.15) is 5.06 Å². The second-order valence-corrected chi connectivity index (χ2v) is 6.18. The number of benzene rings is 2. The van der Waals surface area contributed by atoms with Crippen LogP contribution in [0, 0.1) is 0 Å². The summed E-state index contributed by atoms with van der Waals surface area (Å²) in [4.78, 5) is 12.6. The van der Waals surface area contributed by atoms with Crippen molar-refractivity contribution < 1.29 is 14.7 Å². The van der Waals surface area contributed by atoms with Crippen LogP contribution in [0.3, 0.4) is 0 Å². The summed E-state index contributed by atoms with van der Waals surface area (Å²) in [7, 11) is 0. The third kappa shape index (κ3) is 4.29. The summed E-state index contributed by atoms with van der Waals surface area (Å²) in [6.07, 6.45) is 1.52. The summed E-state index contributed by atoms with van der Waals surface area (Å²) >= 11 is 0. The molecule has 4 nitrogen and oxygen atoms in total. The second kappa shape index (κ2) is 8.20. The van der Waals surface area contributed by atoms with E-state index in [0.717, 1.165) is 16.2 Å². The van der Waals surface area contributed by atoms with E-state index in [1.54, 1.807) is 0 Å². The van der Waals surface area contributed by atoms with Gasteiger partial charge in [-0.05, 0) is 24.0 Å². The molecule has 2 atom stereocenters. The maximum atomic E-state index is 12.6. The molecule has 4 heteroatoms. The van der Waals surface area contributed by atoms with Gasteiger partial charge in [0.05, 0.1) is 12.7 Å². The molecular formula is C20H23NO3. The zero-order valence-electron chi connectivity index (χ0n) is 13.7. The largest absolute Gasteiger partial charge is 0.371 e. The van der Waals surface area contributed by atoms with Crippen LogP contribution in [-0.2, 0) is 22.6 Å². The molecule has 1 N–H and O–H groups in total. The molecule has 126 valence electrons. The zero-order chi connectivity index (χ0) is 16.8. The molecule has 1 fully saturated rings. The van der Waals surface area contributed by atoms with E-state index in [9.17, 15) is 10.0 Å². The van der Waals surface area contributed by atoms with Crippen LogP contribution >= 0.6 is 0 Å². The fourth-order valence-electron chi connectivity index (χ4n) is 3.13. The molecule has 24 heavy (non-hydrogen) atoms. The van der Waals surface area contributed by atoms with Gasteiger partial charge < -0.3 is 9.94 Å². The van der Waals surface area contributed by atoms with Gasteiger partial charge in [0, 0.05) is 13.0 Å². The fourth-order valence-corrected chi connectivity index (χ4v) is 3.13. The van der Waals surface area contributed by atoms with Crippen LogP contribution in [0.5, 0.6) is 0 Å². The van der Waals surface area contributed by atoms with E-state index in [1.165, 1.54) is 0 Å². The lowest BCUT2D eigenvalue weighted by Crippen LogP contribution is -2.41. The lowest BCUT2D eigenvalue weighted by molar-refractivity contribution is -0.153. The van der Waals surface area contributed by atoms with E-state index in [4.69, 9.17) is 4.74 Å². The Balaban J connectivity index is 1.56. The second-order valence-electron chi connectivity index (χ2n) is 6.18. The first-order valence-electron chi connectivity index (χ1n) is 8.42. The van der Waals surface area contributed by atoms with Crippen LogP contribution in [0.25, 0.3) is 0 Å². The van der Waals surface area contributed by atoms with Crippen LogP contribution < -0.4 is 0 Å². The average molecular weight is 325 g/mol. The summed E-state index contributed by atoms with van der Waals surface area (Å²) < 4.78 is 5.92. The smallest absolute Gasteiger partial charge is 0.155 e. The van der Waals surface area contributed by atoms with Crippen LogP contribution in [0.4, 0.5) is 0 Å². The highest BCUT2D eigenvalue weighted by Crippen LogP contribution is 2.23. The van der Waals surface area contributed by atoms with Gasteiger partial charge in [0.1, 0.15) is 6.04 Å². The quantitative estimate of drug-likeness (QED) is 0.849. The molecule has 0 aromatic heterocycles. The molecule has 3 rings (SSSR count). The number of nitrogens with zero attached hydrogens (tertiary/aromatic N) is 1. The molecule has 2 aromatic rings. The number of hydroxylamine groups is 2. The van der Waals surface area contributed by atoms with Gasteiger partial charge in [0.2, 0.25) is 0 Å². The van der Waals surface area contributed by atoms with Gasteiger partial charge in [-0.25, -0.2) is 0 Å². The first-order valence-corrected chi connectivity index (χ1v) is 8.42. The first-order chi connectivity index (χ1) is 11.7. The van der Waals surface area contributed by atoms with Crippen molar-refractivity contribution in [1.82, 2.24) is 5.06 Å². The number of hydrogen-bond donors (Lipinski definition) is 1. The maximum Gasteiger partial charge on any atom is 0.155 e. The summed E-state index contributed by atoms with van der Waals surface area (Å²) in [6, 6.07) is 19.3. The van der Waals surface area contributed by atoms with Crippen molar-refractivity contribution in [1.29, 1.82) is 0 Å². The number of ketones is 1. The molecular weight excluding hydrogens is 302 g/mol. The topological polar surface area (TPSA) is 49.8 Å². The Morgan fingerprint density at radius 1 is 1.04 bits per heavy atom. The van der Waals surface area contributed by atoms with Crippen LogP contribution in [0.15, 0.2) is 60.7 Å². The van der Waals surface area contributed by atoms with Gasteiger partial charge in [-0.1, -0.05) is 60.7 Å². The van der Waals surface area contributed by atoms with Crippen molar-refractivity contribution in [3.05, 3.63) is 71.8 Å². The van der Waals surface area contributed by atoms with Crippen molar-refractivity contribution in [2.45, 2.75) is 38.0 Å². The summed E-state index contributed by atoms with van der Waals surface area (Å²) in [6.45, 7) is 0.934. The molecule has 1 heterocycles. The molecule has 0 aliphatic carbocycles. The normalized spacial score (nSPS) is 21.0. The number of Topliss-reactive ketones (excluding diaryl/α,β-unsaturated/α-hetero) is 1. The fraction of sp³-hybridized carbons (Fsp3) is 0.350. The van der Waals surface area contributed by atoms with Crippen molar-refractivity contribution in [2.75, 3.05) is 6.54 Å². The molecule has 1 aliphatic heterocycles. The zero-order valence-corrected chi connectivity index (χ0v) is 13.7. The molecule has 1 unspecified atom stereocenters. The third-order valence-electron chi connectivity index (χ3n) is 4.46. The number of carbonyl (C=O) groups is 1. The van der Waals surface area contributed by atoms with E-state index in [0.29, 0.717) is 32.4 Å². The lowest BCUT2D eigenvalue weighted by Gasteiger charge is -2.22. The SMILES string of the molecule is O=C(CCc1ccccc1)C1[C@@H](OCc2ccccc2)CCN1O. The predicted molar refractivity (Wildman–Crippen MR) is 91.7 cm³/mol. The Hall–Kier alpha value is -2.01. The van der Waals surface area contributed by atoms with Crippen molar-refractivity contribution in [3.8, 4) is 0 Å². The predicted octanol–water partition coefficient (Wildman–Crippen LogP) is 3.24. The Kier molecular flexibility index (Phi) is 5.75. The van der Waals surface area contributed by atoms with E-state index in [-0.39, 0.29) is 11.9 Å². The van der Waals surface area contributed by atoms with Crippen molar-refractivity contribution in [3.63, 3.8) is 0 Å². The number of hydrogen-bond acceptors (Lipinski definition) is 4. The standard InChI is InChI=1S/C20H23NO3/c22-18(12-11-16-7-3-1-4-8-16)20-19(13-14-21(20)23)24-15-17-9-5-2-6-10-17/h1-10,19-20,23H,11-15H2/t19-,20?/m0/s1. The monoisotopic (exact) mass is 325 g/mol. The van der Waals surface area contributed by atoms with Gasteiger partial charge in [-0.15, -0.1) is 0 Å². The molecule has 0 amide bonds. The van der Waals surface area contributed by atoms with E-state index >= 15 is 0 Å². The lowest BCUT2D eigenvalue weighted by atomic mass is 10.0. The van der Waals surface area contributed by atoms with E-state index in [1.807, 2.05) is 60.7 Å². The number of carbonyl (C=O) groups excluding carboxylic acids is 1. The van der Waals surface area contributed by atoms with Crippen molar-refractivity contribution in [2.24, 2.45) is 0 Å². The molecule has 0 saturated carbocycles. The van der Waals surface area contributed by atoms with Crippen LogP contribution in [-0.4, -0.2) is 34.7 Å². The van der Waals surface area contributed by atoms with Gasteiger partial charge >= 0.3 is 0 Å². The minimum atomic E-state index is -0.558. The Morgan fingerprint density at radius 3 is 2.33 bits per heavy atom. The van der Waals surface area contributed by atoms with E-state index in [2.05, 4.69) is 0 Å². The Morgan fingerprint density at radius 2 is 1.67 bits per heavy atom. The molecule has 1 aliphatic rings. The van der Waals surface area contributed by atoms with Gasteiger partial charge in [0.15, 0.2) is 5.78 Å². The molecule has 0 bridgehead atoms. The van der Waals surface area contributed by atoms with E-state index < -0.39 is 6.04 Å². The average Bonchev–Trinajstić information content (AvgIpc) is 3.00. The number of rotatable bonds is 7. The number of ether oxygens (including phenoxy) is 1. The molecule has 0 radical (unpaired) electrons. The Bertz CT molecular complexity index is 644. The number of aryl methyl sites for hydroxylation is 1. The van der Waals surface area contributed by atoms with Crippen LogP contribution in [0.1, 0.15) is 24.0 Å². The highest BCUT2D eigenvalue weighted by molar-refractivity contribution is 5.85. The molecule has 1 saturated heterocycles. The summed E-state index contributed by atoms with van der Waals surface area (Å²) in [5, 5.41) is 11.2. The first kappa shape index (κ1) is 16.8. The van der Waals surface area contributed by atoms with Gasteiger partial charge in [0.25, 0.3) is 0 Å². The Labute approximate surface area is 142 Å². The summed E-state index contributed by atoms with van der Waals surface area (Å²) in [5.74, 6) is 0.0388. The minimum absolute atomic E-state index is 0.0388. The van der Waals surface area contributed by atoms with Gasteiger partial charge in [-0.3, -0.25) is 4.79 Å².